The second-order valence-corrected chi connectivity index (χ2v) is 4.96. The Hall–Kier alpha value is -2.29. The van der Waals surface area contributed by atoms with E-state index in [9.17, 15) is 4.39 Å². The largest absolute Gasteiger partial charge is 0.496 e. The first-order valence-corrected chi connectivity index (χ1v) is 6.55. The Kier molecular flexibility index (Phi) is 3.18. The quantitative estimate of drug-likeness (QED) is 0.697. The summed E-state index contributed by atoms with van der Waals surface area (Å²) >= 11 is 0. The highest BCUT2D eigenvalue weighted by Gasteiger charge is 2.07. The van der Waals surface area contributed by atoms with Gasteiger partial charge in [0, 0.05) is 22.7 Å². The number of aromatic nitrogens is 1. The number of hydrogen-bond donors (Lipinski definition) is 0. The maximum Gasteiger partial charge on any atom is 0.123 e. The van der Waals surface area contributed by atoms with Gasteiger partial charge in [-0.2, -0.15) is 0 Å². The van der Waals surface area contributed by atoms with E-state index in [1.54, 1.807) is 13.2 Å². The molecular weight excluding hydrogens is 253 g/mol. The molecular formula is C17H16FNO. The van der Waals surface area contributed by atoms with E-state index in [1.165, 1.54) is 11.6 Å². The minimum absolute atomic E-state index is 0.205. The molecule has 0 aliphatic rings. The van der Waals surface area contributed by atoms with Crippen LogP contribution in [0.5, 0.6) is 5.75 Å². The van der Waals surface area contributed by atoms with Gasteiger partial charge in [-0.1, -0.05) is 17.7 Å². The molecule has 1 aromatic heterocycles. The maximum atomic E-state index is 13.2. The molecule has 20 heavy (non-hydrogen) atoms. The van der Waals surface area contributed by atoms with Crippen molar-refractivity contribution in [1.82, 2.24) is 4.57 Å². The number of nitrogens with zero attached hydrogens (tertiary/aromatic N) is 1. The summed E-state index contributed by atoms with van der Waals surface area (Å²) in [6.07, 6.45) is 1.98. The van der Waals surface area contributed by atoms with E-state index in [-0.39, 0.29) is 5.82 Å². The lowest BCUT2D eigenvalue weighted by atomic mass is 10.1. The summed E-state index contributed by atoms with van der Waals surface area (Å²) in [5, 5.41) is 0.914. The van der Waals surface area contributed by atoms with Gasteiger partial charge in [-0.05, 0) is 37.3 Å². The van der Waals surface area contributed by atoms with Gasteiger partial charge in [-0.25, -0.2) is 4.39 Å². The Balaban J connectivity index is 2.03. The Morgan fingerprint density at radius 2 is 1.95 bits per heavy atom. The third kappa shape index (κ3) is 2.27. The Morgan fingerprint density at radius 3 is 2.75 bits per heavy atom. The van der Waals surface area contributed by atoms with Gasteiger partial charge >= 0.3 is 0 Å². The first-order valence-electron chi connectivity index (χ1n) is 6.55. The van der Waals surface area contributed by atoms with Crippen LogP contribution in [0.2, 0.25) is 0 Å². The number of benzene rings is 2. The molecule has 0 aliphatic carbocycles. The van der Waals surface area contributed by atoms with Crippen molar-refractivity contribution >= 4 is 10.9 Å². The lowest BCUT2D eigenvalue weighted by Crippen LogP contribution is -2.01. The standard InChI is InChI=1S/C17H16FNO/c1-12-3-6-17(20-2)14(9-12)11-19-8-7-13-10-15(18)4-5-16(13)19/h3-10H,11H2,1-2H3. The van der Waals surface area contributed by atoms with E-state index in [4.69, 9.17) is 4.74 Å². The maximum absolute atomic E-state index is 13.2. The molecule has 0 atom stereocenters. The summed E-state index contributed by atoms with van der Waals surface area (Å²) in [4.78, 5) is 0. The Bertz CT molecular complexity index is 761. The predicted molar refractivity (Wildman–Crippen MR) is 78.7 cm³/mol. The summed E-state index contributed by atoms with van der Waals surface area (Å²) in [6.45, 7) is 2.77. The van der Waals surface area contributed by atoms with Gasteiger partial charge in [-0.3, -0.25) is 0 Å². The van der Waals surface area contributed by atoms with Crippen LogP contribution in [-0.2, 0) is 6.54 Å². The van der Waals surface area contributed by atoms with Crippen molar-refractivity contribution in [2.24, 2.45) is 0 Å². The molecule has 0 saturated heterocycles. The zero-order valence-corrected chi connectivity index (χ0v) is 11.6. The fourth-order valence-electron chi connectivity index (χ4n) is 2.52. The number of aryl methyl sites for hydroxylation is 1. The van der Waals surface area contributed by atoms with Crippen LogP contribution >= 0.6 is 0 Å². The average Bonchev–Trinajstić information content (AvgIpc) is 2.81. The van der Waals surface area contributed by atoms with Crippen LogP contribution in [-0.4, -0.2) is 11.7 Å². The van der Waals surface area contributed by atoms with Gasteiger partial charge < -0.3 is 9.30 Å². The van der Waals surface area contributed by atoms with E-state index >= 15 is 0 Å². The van der Waals surface area contributed by atoms with E-state index in [1.807, 2.05) is 30.5 Å². The molecule has 0 saturated carbocycles. The van der Waals surface area contributed by atoms with Crippen molar-refractivity contribution < 1.29 is 9.13 Å². The van der Waals surface area contributed by atoms with Gasteiger partial charge in [0.25, 0.3) is 0 Å². The summed E-state index contributed by atoms with van der Waals surface area (Å²) in [6, 6.07) is 12.9. The molecule has 1 heterocycles. The van der Waals surface area contributed by atoms with Gasteiger partial charge in [0.1, 0.15) is 11.6 Å². The summed E-state index contributed by atoms with van der Waals surface area (Å²) in [5.74, 6) is 0.669. The summed E-state index contributed by atoms with van der Waals surface area (Å²) in [5.41, 5.74) is 3.34. The second-order valence-electron chi connectivity index (χ2n) is 4.96. The lowest BCUT2D eigenvalue weighted by molar-refractivity contribution is 0.408. The average molecular weight is 269 g/mol. The van der Waals surface area contributed by atoms with Crippen LogP contribution in [0.25, 0.3) is 10.9 Å². The van der Waals surface area contributed by atoms with E-state index in [0.717, 1.165) is 22.2 Å². The van der Waals surface area contributed by atoms with Crippen molar-refractivity contribution in [3.8, 4) is 5.75 Å². The summed E-state index contributed by atoms with van der Waals surface area (Å²) in [7, 11) is 1.68. The number of ether oxygens (including phenoxy) is 1. The number of halogens is 1. The topological polar surface area (TPSA) is 14.2 Å². The zero-order valence-electron chi connectivity index (χ0n) is 11.6. The first kappa shape index (κ1) is 12.7. The van der Waals surface area contributed by atoms with Gasteiger partial charge in [0.05, 0.1) is 13.7 Å². The fourth-order valence-corrected chi connectivity index (χ4v) is 2.52. The molecule has 0 bridgehead atoms. The minimum atomic E-state index is -0.205. The molecule has 2 nitrogen and oxygen atoms in total. The Labute approximate surface area is 117 Å². The molecule has 102 valence electrons. The molecule has 0 radical (unpaired) electrons. The third-order valence-electron chi connectivity index (χ3n) is 3.51. The van der Waals surface area contributed by atoms with Crippen LogP contribution in [0, 0.1) is 12.7 Å². The zero-order chi connectivity index (χ0) is 14.1. The van der Waals surface area contributed by atoms with E-state index < -0.39 is 0 Å². The van der Waals surface area contributed by atoms with E-state index in [2.05, 4.69) is 17.6 Å². The smallest absolute Gasteiger partial charge is 0.123 e. The molecule has 0 fully saturated rings. The highest BCUT2D eigenvalue weighted by Crippen LogP contribution is 2.24. The first-order chi connectivity index (χ1) is 9.67. The van der Waals surface area contributed by atoms with Crippen molar-refractivity contribution in [2.45, 2.75) is 13.5 Å². The highest BCUT2D eigenvalue weighted by molar-refractivity contribution is 5.80. The van der Waals surface area contributed by atoms with Crippen LogP contribution in [0.15, 0.2) is 48.7 Å². The predicted octanol–water partition coefficient (Wildman–Crippen LogP) is 4.15. The summed E-state index contributed by atoms with van der Waals surface area (Å²) < 4.78 is 20.7. The van der Waals surface area contributed by atoms with Crippen molar-refractivity contribution in [2.75, 3.05) is 7.11 Å². The number of rotatable bonds is 3. The lowest BCUT2D eigenvalue weighted by Gasteiger charge is -2.11. The van der Waals surface area contributed by atoms with Gasteiger partial charge in [-0.15, -0.1) is 0 Å². The van der Waals surface area contributed by atoms with Crippen molar-refractivity contribution in [3.05, 3.63) is 65.6 Å². The van der Waals surface area contributed by atoms with Crippen LogP contribution < -0.4 is 4.74 Å². The number of methoxy groups -OCH3 is 1. The van der Waals surface area contributed by atoms with Gasteiger partial charge in [0.2, 0.25) is 0 Å². The fraction of sp³-hybridized carbons (Fsp3) is 0.176. The number of fused-ring (bicyclic) bond motifs is 1. The molecule has 2 aromatic carbocycles. The highest BCUT2D eigenvalue weighted by atomic mass is 19.1. The normalized spacial score (nSPS) is 10.9. The molecule has 3 aromatic rings. The molecule has 0 unspecified atom stereocenters. The third-order valence-corrected chi connectivity index (χ3v) is 3.51. The molecule has 0 N–H and O–H groups in total. The second kappa shape index (κ2) is 5.00. The van der Waals surface area contributed by atoms with E-state index in [0.29, 0.717) is 6.54 Å². The molecule has 0 spiro atoms. The van der Waals surface area contributed by atoms with Crippen molar-refractivity contribution in [1.29, 1.82) is 0 Å². The van der Waals surface area contributed by atoms with Gasteiger partial charge in [0.15, 0.2) is 0 Å². The van der Waals surface area contributed by atoms with Crippen LogP contribution in [0.3, 0.4) is 0 Å². The minimum Gasteiger partial charge on any atom is -0.496 e. The molecule has 0 aliphatic heterocycles. The Morgan fingerprint density at radius 1 is 1.10 bits per heavy atom. The molecule has 3 rings (SSSR count). The van der Waals surface area contributed by atoms with Crippen molar-refractivity contribution in [3.63, 3.8) is 0 Å². The molecule has 0 amide bonds. The molecule has 3 heteroatoms. The van der Waals surface area contributed by atoms with Crippen LogP contribution in [0.4, 0.5) is 4.39 Å². The van der Waals surface area contributed by atoms with Crippen LogP contribution in [0.1, 0.15) is 11.1 Å². The number of hydrogen-bond acceptors (Lipinski definition) is 1. The SMILES string of the molecule is COc1ccc(C)cc1Cn1ccc2cc(F)ccc21. The monoisotopic (exact) mass is 269 g/mol.